The number of amides is 1. The first-order valence-corrected chi connectivity index (χ1v) is 18.5. The van der Waals surface area contributed by atoms with Crippen molar-refractivity contribution in [2.75, 3.05) is 11.7 Å². The predicted molar refractivity (Wildman–Crippen MR) is 168 cm³/mol. The summed E-state index contributed by atoms with van der Waals surface area (Å²) in [4.78, 5) is 16.5. The van der Waals surface area contributed by atoms with Gasteiger partial charge in [0, 0.05) is 12.1 Å². The summed E-state index contributed by atoms with van der Waals surface area (Å²) in [7, 11) is -11.9. The van der Waals surface area contributed by atoms with E-state index in [9.17, 15) is 15.0 Å². The number of anilines is 1. The molecule has 0 spiro atoms. The van der Waals surface area contributed by atoms with Gasteiger partial charge in [0.25, 0.3) is 15.3 Å². The van der Waals surface area contributed by atoms with Crippen LogP contribution in [0.3, 0.4) is 0 Å². The molecule has 16 nitrogen and oxygen atoms in total. The van der Waals surface area contributed by atoms with Gasteiger partial charge in [0.15, 0.2) is 0 Å². The molecule has 0 aromatic heterocycles. The first-order valence-electron chi connectivity index (χ1n) is 13.3. The van der Waals surface area contributed by atoms with E-state index in [4.69, 9.17) is 54.6 Å². The Morgan fingerprint density at radius 3 is 2.23 bits per heavy atom. The second-order valence-corrected chi connectivity index (χ2v) is 15.1. The van der Waals surface area contributed by atoms with E-state index in [0.29, 0.717) is 5.69 Å². The quantitative estimate of drug-likeness (QED) is 0.0714. The third kappa shape index (κ3) is 12.1. The van der Waals surface area contributed by atoms with Crippen LogP contribution in [0.15, 0.2) is 77.8 Å². The highest BCUT2D eigenvalue weighted by Gasteiger charge is 2.43. The molecule has 44 heavy (non-hydrogen) atoms. The fourth-order valence-corrected chi connectivity index (χ4v) is 8.57. The Labute approximate surface area is 255 Å². The lowest BCUT2D eigenvalue weighted by molar-refractivity contribution is -0.118. The molecule has 1 fully saturated rings. The lowest BCUT2D eigenvalue weighted by atomic mass is 10.0. The highest BCUT2D eigenvalue weighted by atomic mass is 31.3. The lowest BCUT2D eigenvalue weighted by Crippen LogP contribution is -2.34. The second kappa shape index (κ2) is 16.1. The summed E-state index contributed by atoms with van der Waals surface area (Å²) < 4.78 is 26.9. The summed E-state index contributed by atoms with van der Waals surface area (Å²) in [6.45, 7) is 1.48. The fraction of sp³-hybridized carbons (Fsp3) is 0.360. The van der Waals surface area contributed by atoms with Crippen LogP contribution in [0.1, 0.15) is 25.3 Å². The van der Waals surface area contributed by atoms with E-state index in [1.54, 1.807) is 49.4 Å². The second-order valence-electron chi connectivity index (χ2n) is 9.64. The third-order valence-corrected chi connectivity index (χ3v) is 10.9. The van der Waals surface area contributed by atoms with Gasteiger partial charge >= 0.3 is 0 Å². The van der Waals surface area contributed by atoms with Crippen molar-refractivity contribution in [2.45, 2.75) is 50.8 Å². The fourth-order valence-electron chi connectivity index (χ4n) is 3.96. The number of benzene rings is 2. The van der Waals surface area contributed by atoms with Crippen LogP contribution >= 0.6 is 22.9 Å². The number of hydrogen-bond donors (Lipinski definition) is 9. The molecule has 1 aliphatic rings. The largest absolute Gasteiger partial charge is 0.473 e. The summed E-state index contributed by atoms with van der Waals surface area (Å²) >= 11 is 0. The predicted octanol–water partition coefficient (Wildman–Crippen LogP) is 4.59. The van der Waals surface area contributed by atoms with Crippen LogP contribution < -0.4 is 21.6 Å². The number of nitrogens with zero attached hydrogens (tertiary/aromatic N) is 1. The highest BCUT2D eigenvalue weighted by Crippen LogP contribution is 2.64. The van der Waals surface area contributed by atoms with Crippen molar-refractivity contribution in [2.24, 2.45) is 21.5 Å². The highest BCUT2D eigenvalue weighted by molar-refractivity contribution is 7.73. The maximum Gasteiger partial charge on any atom is 0.295 e. The van der Waals surface area contributed by atoms with Gasteiger partial charge in [-0.3, -0.25) is 36.8 Å². The molecule has 7 atom stereocenters. The van der Waals surface area contributed by atoms with Crippen molar-refractivity contribution in [3.63, 3.8) is 0 Å². The maximum atomic E-state index is 12.5. The van der Waals surface area contributed by atoms with Crippen molar-refractivity contribution in [3.8, 4) is 0 Å². The minimum absolute atomic E-state index is 0.0252. The van der Waals surface area contributed by atoms with Crippen LogP contribution in [0, 0.1) is 15.5 Å². The Kier molecular flexibility index (Phi) is 13.2. The third-order valence-electron chi connectivity index (χ3n) is 5.87. The van der Waals surface area contributed by atoms with Crippen molar-refractivity contribution >= 4 is 40.4 Å². The van der Waals surface area contributed by atoms with Crippen LogP contribution in [0.25, 0.3) is 0 Å². The lowest BCUT2D eigenvalue weighted by Gasteiger charge is -2.28. The minimum atomic E-state index is -4.17. The van der Waals surface area contributed by atoms with E-state index in [1.807, 2.05) is 30.3 Å². The van der Waals surface area contributed by atoms with E-state index in [1.165, 1.54) is 0 Å². The standard InChI is InChI=1S/C25H39N8O8P3/c1-2-9-23(37-16-18-10-5-3-6-11-18)32-22(34)15-14-20-24(35)25(36)21(39-20)17-38-43(28,29)41-44(30,31)40-42(26,27)33-19-12-7-4-8-13-19/h2-13,20-21,24-25,35-36H,14-17H2,1H3,(H3,28,29)(H3,30,31)(H4,26,27,33)/b9-2-,32-23?/t20-,21+,24?,25?/m0/s1. The van der Waals surface area contributed by atoms with E-state index < -0.39 is 59.8 Å². The van der Waals surface area contributed by atoms with Gasteiger partial charge in [-0.15, -0.1) is 0 Å². The SMILES string of the molecule is C/C=C\C(=NC(=O)CC[C@@H]1O[C@H](COP(=N)(N)OP(=N)(N)OP(=N)(N)Nc2ccccc2)C(O)C1O)OCc1ccccc1. The van der Waals surface area contributed by atoms with Crippen LogP contribution in [-0.2, 0) is 34.0 Å². The summed E-state index contributed by atoms with van der Waals surface area (Å²) in [6, 6.07) is 17.8. The number of hydrogen-bond acceptors (Lipinski definition) is 11. The number of aliphatic hydroxyl groups excluding tert-OH is 2. The average molecular weight is 673 g/mol. The molecular formula is C25H39N8O8P3. The van der Waals surface area contributed by atoms with Crippen LogP contribution in [-0.4, -0.2) is 53.0 Å². The van der Waals surface area contributed by atoms with Gasteiger partial charge in [-0.25, -0.2) is 8.62 Å². The average Bonchev–Trinajstić information content (AvgIpc) is 3.21. The number of ether oxygens (including phenoxy) is 2. The van der Waals surface area contributed by atoms with Gasteiger partial charge in [0.05, 0.1) is 12.7 Å². The molecule has 0 bridgehead atoms. The molecule has 19 heteroatoms. The van der Waals surface area contributed by atoms with Gasteiger partial charge in [-0.2, -0.15) is 4.99 Å². The zero-order chi connectivity index (χ0) is 32.4. The van der Waals surface area contributed by atoms with E-state index in [2.05, 4.69) is 10.1 Å². The Hall–Kier alpha value is -2.55. The number of carbonyl (C=O) groups is 1. The summed E-state index contributed by atoms with van der Waals surface area (Å²) in [5.74, 6) is -0.386. The molecule has 242 valence electrons. The minimum Gasteiger partial charge on any atom is -0.473 e. The molecule has 1 amide bonds. The molecule has 0 saturated carbocycles. The van der Waals surface area contributed by atoms with Crippen molar-refractivity contribution < 1.29 is 37.6 Å². The number of nitrogens with two attached hydrogens (primary N) is 3. The number of aliphatic hydroxyl groups is 2. The van der Waals surface area contributed by atoms with Crippen molar-refractivity contribution in [1.29, 1.82) is 15.5 Å². The molecule has 2 aromatic rings. The number of allylic oxidation sites excluding steroid dienone is 1. The van der Waals surface area contributed by atoms with Crippen LogP contribution in [0.4, 0.5) is 5.69 Å². The Balaban J connectivity index is 1.49. The molecule has 1 aliphatic heterocycles. The summed E-state index contributed by atoms with van der Waals surface area (Å²) in [5.41, 5.74) is 18.8. The zero-order valence-electron chi connectivity index (χ0n) is 23.9. The maximum absolute atomic E-state index is 12.5. The van der Waals surface area contributed by atoms with Crippen LogP contribution in [0.2, 0.25) is 0 Å². The normalized spacial score (nSPS) is 24.7. The Morgan fingerprint density at radius 1 is 0.977 bits per heavy atom. The Bertz CT molecular complexity index is 1450. The van der Waals surface area contributed by atoms with Crippen LogP contribution in [0.5, 0.6) is 0 Å². The van der Waals surface area contributed by atoms with Gasteiger partial charge in [0.2, 0.25) is 19.4 Å². The van der Waals surface area contributed by atoms with Crippen molar-refractivity contribution in [1.82, 2.24) is 0 Å². The number of nitrogens with one attached hydrogen (secondary N) is 4. The van der Waals surface area contributed by atoms with Gasteiger partial charge in [-0.05, 0) is 37.1 Å². The van der Waals surface area contributed by atoms with E-state index >= 15 is 0 Å². The number of rotatable bonds is 15. The first-order chi connectivity index (χ1) is 20.7. The number of aliphatic imine (C=N–C) groups is 1. The molecule has 3 rings (SSSR count). The smallest absolute Gasteiger partial charge is 0.295 e. The van der Waals surface area contributed by atoms with E-state index in [-0.39, 0.29) is 25.3 Å². The zero-order valence-corrected chi connectivity index (χ0v) is 26.6. The summed E-state index contributed by atoms with van der Waals surface area (Å²) in [5, 5.41) is 48.0. The topological polar surface area (TPSA) is 278 Å². The van der Waals surface area contributed by atoms with E-state index in [0.717, 1.165) is 5.56 Å². The first kappa shape index (κ1) is 35.9. The molecule has 1 saturated heterocycles. The molecule has 0 radical (unpaired) electrons. The van der Waals surface area contributed by atoms with Gasteiger partial charge in [0.1, 0.15) is 24.9 Å². The number of para-hydroxylation sites is 1. The monoisotopic (exact) mass is 672 g/mol. The molecular weight excluding hydrogens is 633 g/mol. The van der Waals surface area contributed by atoms with Crippen molar-refractivity contribution in [3.05, 3.63) is 78.4 Å². The Morgan fingerprint density at radius 2 is 1.59 bits per heavy atom. The van der Waals surface area contributed by atoms with Gasteiger partial charge < -0.3 is 29.3 Å². The summed E-state index contributed by atoms with van der Waals surface area (Å²) in [6.07, 6.45) is -1.71. The molecule has 12 N–H and O–H groups in total. The van der Waals surface area contributed by atoms with Gasteiger partial charge in [-0.1, -0.05) is 54.6 Å². The molecule has 5 unspecified atom stereocenters. The molecule has 0 aliphatic carbocycles. The number of carbonyl (C=O) groups excluding carboxylic acids is 1. The molecule has 2 aromatic carbocycles. The molecule has 1 heterocycles.